The predicted octanol–water partition coefficient (Wildman–Crippen LogP) is 2.51. The minimum absolute atomic E-state index is 0.0609. The van der Waals surface area contributed by atoms with E-state index in [0.29, 0.717) is 6.54 Å². The molecule has 0 spiro atoms. The van der Waals surface area contributed by atoms with Crippen LogP contribution in [0.3, 0.4) is 0 Å². The zero-order chi connectivity index (χ0) is 13.3. The van der Waals surface area contributed by atoms with E-state index >= 15 is 0 Å². The summed E-state index contributed by atoms with van der Waals surface area (Å²) in [7, 11) is 0. The minimum Gasteiger partial charge on any atom is -0.312 e. The second-order valence-corrected chi connectivity index (χ2v) is 5.38. The van der Waals surface area contributed by atoms with Crippen LogP contribution in [0, 0.1) is 17.3 Å². The van der Waals surface area contributed by atoms with Crippen molar-refractivity contribution in [3.63, 3.8) is 0 Å². The summed E-state index contributed by atoms with van der Waals surface area (Å²) in [4.78, 5) is 25.2. The second kappa shape index (κ2) is 4.56. The van der Waals surface area contributed by atoms with Gasteiger partial charge in [-0.2, -0.15) is 0 Å². The highest BCUT2D eigenvalue weighted by Gasteiger charge is 2.62. The Hall–Kier alpha value is -1.64. The molecule has 2 rings (SSSR count). The summed E-state index contributed by atoms with van der Waals surface area (Å²) in [5, 5.41) is 0. The minimum atomic E-state index is -0.193. The fourth-order valence-electron chi connectivity index (χ4n) is 2.64. The standard InChI is InChI=1S/C15H19NO2/c1-4-16(11-8-6-5-7-9-11)14(18)13-12(10-17)15(13,2)3/h5-10,12-13H,4H2,1-3H3/t12-,13-/m0/s1. The Morgan fingerprint density at radius 1 is 1.33 bits per heavy atom. The fraction of sp³-hybridized carbons (Fsp3) is 0.467. The van der Waals surface area contributed by atoms with Gasteiger partial charge in [0.05, 0.1) is 5.92 Å². The summed E-state index contributed by atoms with van der Waals surface area (Å²) < 4.78 is 0. The number of carbonyl (C=O) groups excluding carboxylic acids is 2. The number of anilines is 1. The monoisotopic (exact) mass is 245 g/mol. The SMILES string of the molecule is CCN(C(=O)[C@@H]1[C@H](C=O)C1(C)C)c1ccccc1. The number of nitrogens with zero attached hydrogens (tertiary/aromatic N) is 1. The van der Waals surface area contributed by atoms with Gasteiger partial charge in [0.2, 0.25) is 5.91 Å². The molecule has 0 N–H and O–H groups in total. The van der Waals surface area contributed by atoms with Gasteiger partial charge in [0, 0.05) is 18.2 Å². The summed E-state index contributed by atoms with van der Waals surface area (Å²) in [6.45, 7) is 6.54. The smallest absolute Gasteiger partial charge is 0.231 e. The van der Waals surface area contributed by atoms with E-state index in [1.165, 1.54) is 0 Å². The Kier molecular flexibility index (Phi) is 3.24. The molecule has 1 amide bonds. The molecule has 0 aromatic heterocycles. The van der Waals surface area contributed by atoms with E-state index in [-0.39, 0.29) is 23.2 Å². The topological polar surface area (TPSA) is 37.4 Å². The summed E-state index contributed by atoms with van der Waals surface area (Å²) in [6.07, 6.45) is 0.918. The molecule has 1 aliphatic rings. The molecule has 1 aromatic rings. The summed E-state index contributed by atoms with van der Waals surface area (Å²) >= 11 is 0. The van der Waals surface area contributed by atoms with E-state index in [1.807, 2.05) is 51.1 Å². The number of hydrogen-bond acceptors (Lipinski definition) is 2. The van der Waals surface area contributed by atoms with Crippen molar-refractivity contribution in [1.82, 2.24) is 0 Å². The normalized spacial score (nSPS) is 24.4. The van der Waals surface area contributed by atoms with Crippen molar-refractivity contribution in [3.8, 4) is 0 Å². The average Bonchev–Trinajstić information content (AvgIpc) is 2.93. The first kappa shape index (κ1) is 12.8. The maximum Gasteiger partial charge on any atom is 0.231 e. The van der Waals surface area contributed by atoms with Crippen LogP contribution in [-0.4, -0.2) is 18.7 Å². The molecule has 3 nitrogen and oxygen atoms in total. The van der Waals surface area contributed by atoms with Crippen molar-refractivity contribution in [3.05, 3.63) is 30.3 Å². The van der Waals surface area contributed by atoms with Gasteiger partial charge in [-0.15, -0.1) is 0 Å². The van der Waals surface area contributed by atoms with Crippen LogP contribution in [0.2, 0.25) is 0 Å². The summed E-state index contributed by atoms with van der Waals surface area (Å²) in [5.41, 5.74) is 0.707. The lowest BCUT2D eigenvalue weighted by Crippen LogP contribution is -2.33. The van der Waals surface area contributed by atoms with Gasteiger partial charge in [-0.1, -0.05) is 32.0 Å². The average molecular weight is 245 g/mol. The summed E-state index contributed by atoms with van der Waals surface area (Å²) in [5.74, 6) is -0.247. The molecule has 0 bridgehead atoms. The summed E-state index contributed by atoms with van der Waals surface area (Å²) in [6, 6.07) is 9.61. The highest BCUT2D eigenvalue weighted by molar-refractivity contribution is 6.00. The van der Waals surface area contributed by atoms with E-state index in [0.717, 1.165) is 12.0 Å². The lowest BCUT2D eigenvalue weighted by Gasteiger charge is -2.21. The van der Waals surface area contributed by atoms with E-state index in [9.17, 15) is 9.59 Å². The Balaban J connectivity index is 2.21. The van der Waals surface area contributed by atoms with Crippen molar-refractivity contribution >= 4 is 17.9 Å². The van der Waals surface area contributed by atoms with Crippen molar-refractivity contribution in [2.75, 3.05) is 11.4 Å². The highest BCUT2D eigenvalue weighted by Crippen LogP contribution is 2.57. The highest BCUT2D eigenvalue weighted by atomic mass is 16.2. The molecule has 1 saturated carbocycles. The molecule has 1 aliphatic carbocycles. The van der Waals surface area contributed by atoms with Crippen LogP contribution in [0.15, 0.2) is 30.3 Å². The second-order valence-electron chi connectivity index (χ2n) is 5.38. The Morgan fingerprint density at radius 3 is 2.39 bits per heavy atom. The van der Waals surface area contributed by atoms with E-state index < -0.39 is 0 Å². The molecule has 1 aromatic carbocycles. The van der Waals surface area contributed by atoms with Crippen molar-refractivity contribution in [1.29, 1.82) is 0 Å². The number of aldehydes is 1. The number of hydrogen-bond donors (Lipinski definition) is 0. The first-order valence-corrected chi connectivity index (χ1v) is 6.35. The fourth-order valence-corrected chi connectivity index (χ4v) is 2.64. The lowest BCUT2D eigenvalue weighted by molar-refractivity contribution is -0.121. The predicted molar refractivity (Wildman–Crippen MR) is 71.3 cm³/mol. The Bertz CT molecular complexity index is 453. The first-order chi connectivity index (χ1) is 8.54. The van der Waals surface area contributed by atoms with Crippen LogP contribution in [0.4, 0.5) is 5.69 Å². The maximum absolute atomic E-state index is 12.5. The molecule has 1 fully saturated rings. The molecule has 3 heteroatoms. The lowest BCUT2D eigenvalue weighted by atomic mass is 10.1. The molecule has 0 aliphatic heterocycles. The zero-order valence-corrected chi connectivity index (χ0v) is 11.1. The van der Waals surface area contributed by atoms with Gasteiger partial charge in [0.15, 0.2) is 0 Å². The number of carbonyl (C=O) groups is 2. The molecule has 96 valence electrons. The molecular formula is C15H19NO2. The number of rotatable bonds is 4. The van der Waals surface area contributed by atoms with Crippen LogP contribution in [0.5, 0.6) is 0 Å². The molecular weight excluding hydrogens is 226 g/mol. The Labute approximate surface area is 108 Å². The zero-order valence-electron chi connectivity index (χ0n) is 11.1. The van der Waals surface area contributed by atoms with Crippen molar-refractivity contribution in [2.45, 2.75) is 20.8 Å². The van der Waals surface area contributed by atoms with Crippen LogP contribution < -0.4 is 4.90 Å². The van der Waals surface area contributed by atoms with Gasteiger partial charge in [-0.25, -0.2) is 0 Å². The third kappa shape index (κ3) is 1.94. The van der Waals surface area contributed by atoms with Crippen molar-refractivity contribution < 1.29 is 9.59 Å². The third-order valence-corrected chi connectivity index (χ3v) is 3.97. The molecule has 18 heavy (non-hydrogen) atoms. The maximum atomic E-state index is 12.5. The van der Waals surface area contributed by atoms with E-state index in [1.54, 1.807) is 4.90 Å². The quantitative estimate of drug-likeness (QED) is 0.764. The van der Waals surface area contributed by atoms with Gasteiger partial charge in [-0.3, -0.25) is 4.79 Å². The van der Waals surface area contributed by atoms with Gasteiger partial charge < -0.3 is 9.69 Å². The number of amides is 1. The van der Waals surface area contributed by atoms with Crippen LogP contribution in [0.25, 0.3) is 0 Å². The van der Waals surface area contributed by atoms with E-state index in [2.05, 4.69) is 0 Å². The van der Waals surface area contributed by atoms with Gasteiger partial charge in [0.25, 0.3) is 0 Å². The Morgan fingerprint density at radius 2 is 1.94 bits per heavy atom. The first-order valence-electron chi connectivity index (χ1n) is 6.35. The van der Waals surface area contributed by atoms with Gasteiger partial charge >= 0.3 is 0 Å². The largest absolute Gasteiger partial charge is 0.312 e. The van der Waals surface area contributed by atoms with Crippen LogP contribution in [-0.2, 0) is 9.59 Å². The molecule has 2 atom stereocenters. The van der Waals surface area contributed by atoms with Gasteiger partial charge in [0.1, 0.15) is 6.29 Å². The van der Waals surface area contributed by atoms with E-state index in [4.69, 9.17) is 0 Å². The van der Waals surface area contributed by atoms with Gasteiger partial charge in [-0.05, 0) is 24.5 Å². The number of para-hydroxylation sites is 1. The molecule has 0 heterocycles. The van der Waals surface area contributed by atoms with Crippen LogP contribution in [0.1, 0.15) is 20.8 Å². The number of benzene rings is 1. The molecule has 0 radical (unpaired) electrons. The van der Waals surface area contributed by atoms with Crippen LogP contribution >= 0.6 is 0 Å². The third-order valence-electron chi connectivity index (χ3n) is 3.97. The molecule has 0 unspecified atom stereocenters. The molecule has 0 saturated heterocycles. The van der Waals surface area contributed by atoms with Crippen molar-refractivity contribution in [2.24, 2.45) is 17.3 Å².